The second-order valence-electron chi connectivity index (χ2n) is 4.58. The number of carbonyl (C=O) groups is 1. The van der Waals surface area contributed by atoms with Gasteiger partial charge in [-0.1, -0.05) is 0 Å². The summed E-state index contributed by atoms with van der Waals surface area (Å²) < 4.78 is 1.36. The molecule has 1 aromatic carbocycles. The Bertz CT molecular complexity index is 782. The molecule has 2 aromatic heterocycles. The predicted octanol–water partition coefficient (Wildman–Crippen LogP) is 2.25. The maximum Gasteiger partial charge on any atom is 0.278 e. The Labute approximate surface area is 110 Å². The van der Waals surface area contributed by atoms with Gasteiger partial charge in [-0.2, -0.15) is 9.78 Å². The number of fused-ring (bicyclic) bond motifs is 1. The molecule has 0 amide bonds. The van der Waals surface area contributed by atoms with Crippen LogP contribution in [0.1, 0.15) is 21.7 Å². The van der Waals surface area contributed by atoms with Crippen LogP contribution in [-0.2, 0) is 0 Å². The summed E-state index contributed by atoms with van der Waals surface area (Å²) in [6, 6.07) is 7.45. The van der Waals surface area contributed by atoms with E-state index in [4.69, 9.17) is 5.73 Å². The number of hydrogen-bond donors (Lipinski definition) is 2. The van der Waals surface area contributed by atoms with Crippen LogP contribution in [0.5, 0.6) is 0 Å². The molecule has 5 heteroatoms. The first kappa shape index (κ1) is 11.5. The Balaban J connectivity index is 2.09. The third-order valence-electron chi connectivity index (χ3n) is 3.34. The first-order valence-corrected chi connectivity index (χ1v) is 6.01. The van der Waals surface area contributed by atoms with Crippen molar-refractivity contribution in [2.45, 2.75) is 13.8 Å². The zero-order valence-electron chi connectivity index (χ0n) is 10.8. The molecule has 0 radical (unpaired) electrons. The summed E-state index contributed by atoms with van der Waals surface area (Å²) in [6.45, 7) is 3.59. The van der Waals surface area contributed by atoms with E-state index in [0.29, 0.717) is 22.6 Å². The first-order valence-electron chi connectivity index (χ1n) is 6.01. The van der Waals surface area contributed by atoms with E-state index in [1.165, 1.54) is 4.68 Å². The van der Waals surface area contributed by atoms with Gasteiger partial charge in [0.2, 0.25) is 0 Å². The number of rotatable bonds is 1. The molecule has 0 fully saturated rings. The van der Waals surface area contributed by atoms with E-state index in [1.54, 1.807) is 19.9 Å². The summed E-state index contributed by atoms with van der Waals surface area (Å²) in [5, 5.41) is 5.19. The lowest BCUT2D eigenvalue weighted by atomic mass is 10.1. The number of nitrogen functional groups attached to an aromatic ring is 1. The number of aryl methyl sites for hydroxylation is 1. The summed E-state index contributed by atoms with van der Waals surface area (Å²) in [7, 11) is 0. The van der Waals surface area contributed by atoms with Crippen molar-refractivity contribution in [3.05, 3.63) is 47.4 Å². The Morgan fingerprint density at radius 1 is 1.32 bits per heavy atom. The van der Waals surface area contributed by atoms with Crippen LogP contribution in [0.4, 0.5) is 5.69 Å². The fraction of sp³-hybridized carbons (Fsp3) is 0.143. The number of aromatic nitrogens is 3. The van der Waals surface area contributed by atoms with Crippen LogP contribution in [0.2, 0.25) is 0 Å². The average molecular weight is 254 g/mol. The third kappa shape index (κ3) is 1.71. The minimum absolute atomic E-state index is 0.166. The van der Waals surface area contributed by atoms with Gasteiger partial charge in [-0.25, -0.2) is 0 Å². The van der Waals surface area contributed by atoms with Crippen molar-refractivity contribution in [1.29, 1.82) is 0 Å². The lowest BCUT2D eigenvalue weighted by Crippen LogP contribution is -2.15. The zero-order valence-corrected chi connectivity index (χ0v) is 10.8. The predicted molar refractivity (Wildman–Crippen MR) is 74.1 cm³/mol. The van der Waals surface area contributed by atoms with Crippen molar-refractivity contribution in [3.8, 4) is 0 Å². The molecule has 0 unspecified atom stereocenters. The van der Waals surface area contributed by atoms with Gasteiger partial charge in [0.25, 0.3) is 5.91 Å². The summed E-state index contributed by atoms with van der Waals surface area (Å²) in [5.41, 5.74) is 9.37. The van der Waals surface area contributed by atoms with Gasteiger partial charge in [-0.3, -0.25) is 4.79 Å². The van der Waals surface area contributed by atoms with E-state index in [9.17, 15) is 4.79 Å². The Hall–Kier alpha value is -2.56. The van der Waals surface area contributed by atoms with E-state index in [1.807, 2.05) is 24.4 Å². The molecule has 19 heavy (non-hydrogen) atoms. The van der Waals surface area contributed by atoms with Crippen molar-refractivity contribution < 1.29 is 4.79 Å². The minimum atomic E-state index is -0.166. The van der Waals surface area contributed by atoms with Gasteiger partial charge in [0.05, 0.1) is 17.1 Å². The number of benzene rings is 1. The molecule has 0 aliphatic heterocycles. The highest BCUT2D eigenvalue weighted by Crippen LogP contribution is 2.19. The number of nitrogens with two attached hydrogens (primary N) is 1. The molecule has 3 N–H and O–H groups in total. The standard InChI is InChI=1S/C14H14N4O/c1-8-13(15)9(2)18(17-8)14(19)11-3-4-12-10(7-11)5-6-16-12/h3-7,16H,15H2,1-2H3. The third-order valence-corrected chi connectivity index (χ3v) is 3.34. The summed E-state index contributed by atoms with van der Waals surface area (Å²) >= 11 is 0. The normalized spacial score (nSPS) is 11.1. The van der Waals surface area contributed by atoms with Gasteiger partial charge in [0.1, 0.15) is 0 Å². The van der Waals surface area contributed by atoms with Crippen LogP contribution in [0.3, 0.4) is 0 Å². The van der Waals surface area contributed by atoms with Gasteiger partial charge in [0.15, 0.2) is 0 Å². The number of aromatic amines is 1. The molecule has 0 aliphatic rings. The first-order chi connectivity index (χ1) is 9.08. The molecule has 2 heterocycles. The van der Waals surface area contributed by atoms with E-state index < -0.39 is 0 Å². The number of nitrogens with one attached hydrogen (secondary N) is 1. The highest BCUT2D eigenvalue weighted by atomic mass is 16.2. The molecular weight excluding hydrogens is 240 g/mol. The molecule has 3 rings (SSSR count). The number of anilines is 1. The number of nitrogens with zero attached hydrogens (tertiary/aromatic N) is 2. The number of carbonyl (C=O) groups excluding carboxylic acids is 1. The maximum atomic E-state index is 12.4. The SMILES string of the molecule is Cc1nn(C(=O)c2ccc3[nH]ccc3c2)c(C)c1N. The quantitative estimate of drug-likeness (QED) is 0.699. The maximum absolute atomic E-state index is 12.4. The molecule has 0 spiro atoms. The Morgan fingerprint density at radius 3 is 2.79 bits per heavy atom. The van der Waals surface area contributed by atoms with Crippen molar-refractivity contribution in [1.82, 2.24) is 14.8 Å². The van der Waals surface area contributed by atoms with E-state index in [-0.39, 0.29) is 5.91 Å². The fourth-order valence-corrected chi connectivity index (χ4v) is 2.16. The highest BCUT2D eigenvalue weighted by molar-refractivity contribution is 5.99. The Kier molecular flexibility index (Phi) is 2.41. The monoisotopic (exact) mass is 254 g/mol. The highest BCUT2D eigenvalue weighted by Gasteiger charge is 2.16. The molecule has 0 saturated carbocycles. The lowest BCUT2D eigenvalue weighted by molar-refractivity contribution is 0.0942. The number of H-pyrrole nitrogens is 1. The van der Waals surface area contributed by atoms with E-state index in [2.05, 4.69) is 10.1 Å². The van der Waals surface area contributed by atoms with Crippen LogP contribution >= 0.6 is 0 Å². The topological polar surface area (TPSA) is 76.7 Å². The Morgan fingerprint density at radius 2 is 2.11 bits per heavy atom. The van der Waals surface area contributed by atoms with Crippen LogP contribution in [0, 0.1) is 13.8 Å². The van der Waals surface area contributed by atoms with E-state index in [0.717, 1.165) is 10.9 Å². The summed E-state index contributed by atoms with van der Waals surface area (Å²) in [5.74, 6) is -0.166. The van der Waals surface area contributed by atoms with Crippen molar-refractivity contribution in [2.75, 3.05) is 5.73 Å². The van der Waals surface area contributed by atoms with Crippen LogP contribution in [-0.4, -0.2) is 20.7 Å². The van der Waals surface area contributed by atoms with Gasteiger partial charge in [-0.05, 0) is 38.1 Å². The summed E-state index contributed by atoms with van der Waals surface area (Å²) in [4.78, 5) is 15.5. The molecule has 3 aromatic rings. The molecular formula is C14H14N4O. The molecule has 5 nitrogen and oxygen atoms in total. The van der Waals surface area contributed by atoms with Crippen LogP contribution < -0.4 is 5.73 Å². The molecule has 0 atom stereocenters. The van der Waals surface area contributed by atoms with Crippen molar-refractivity contribution in [3.63, 3.8) is 0 Å². The molecule has 0 saturated heterocycles. The van der Waals surface area contributed by atoms with Gasteiger partial charge < -0.3 is 10.7 Å². The van der Waals surface area contributed by atoms with Crippen LogP contribution in [0.15, 0.2) is 30.5 Å². The molecule has 0 aliphatic carbocycles. The summed E-state index contributed by atoms with van der Waals surface area (Å²) in [6.07, 6.45) is 1.85. The van der Waals surface area contributed by atoms with Gasteiger partial charge in [0, 0.05) is 22.7 Å². The zero-order chi connectivity index (χ0) is 13.6. The molecule has 0 bridgehead atoms. The number of hydrogen-bond acceptors (Lipinski definition) is 3. The minimum Gasteiger partial charge on any atom is -0.396 e. The van der Waals surface area contributed by atoms with Gasteiger partial charge >= 0.3 is 0 Å². The van der Waals surface area contributed by atoms with Crippen molar-refractivity contribution in [2.24, 2.45) is 0 Å². The second kappa shape index (κ2) is 3.98. The van der Waals surface area contributed by atoms with Crippen LogP contribution in [0.25, 0.3) is 10.9 Å². The largest absolute Gasteiger partial charge is 0.396 e. The lowest BCUT2D eigenvalue weighted by Gasteiger charge is -2.03. The van der Waals surface area contributed by atoms with Crippen molar-refractivity contribution >= 4 is 22.5 Å². The second-order valence-corrected chi connectivity index (χ2v) is 4.58. The fourth-order valence-electron chi connectivity index (χ4n) is 2.16. The smallest absolute Gasteiger partial charge is 0.278 e. The average Bonchev–Trinajstić information content (AvgIpc) is 2.97. The van der Waals surface area contributed by atoms with E-state index >= 15 is 0 Å². The van der Waals surface area contributed by atoms with Gasteiger partial charge in [-0.15, -0.1) is 0 Å². The molecule has 96 valence electrons.